The first-order valence-corrected chi connectivity index (χ1v) is 14.2. The number of carbonyl (C=O) groups excluding carboxylic acids is 2. The molecule has 1 unspecified atom stereocenters. The third-order valence-electron chi connectivity index (χ3n) is 7.04. The van der Waals surface area contributed by atoms with E-state index in [0.717, 1.165) is 16.7 Å². The molecule has 0 amide bonds. The molecule has 0 aliphatic heterocycles. The highest BCUT2D eigenvalue weighted by molar-refractivity contribution is 6.74. The molecule has 1 aliphatic carbocycles. The van der Waals surface area contributed by atoms with Crippen molar-refractivity contribution in [2.24, 2.45) is 5.92 Å². The molecule has 0 spiro atoms. The lowest BCUT2D eigenvalue weighted by molar-refractivity contribution is -0.137. The molecule has 2 aromatic rings. The molecule has 5 nitrogen and oxygen atoms in total. The van der Waals surface area contributed by atoms with Crippen LogP contribution < -0.4 is 0 Å². The molecule has 0 aromatic heterocycles. The van der Waals surface area contributed by atoms with Crippen LogP contribution in [0.3, 0.4) is 0 Å². The van der Waals surface area contributed by atoms with Crippen molar-refractivity contribution in [2.45, 2.75) is 63.6 Å². The molecule has 1 saturated carbocycles. The minimum atomic E-state index is -2.15. The zero-order valence-electron chi connectivity index (χ0n) is 20.1. The largest absolute Gasteiger partial charge is 0.460 e. The minimum absolute atomic E-state index is 0.000824. The van der Waals surface area contributed by atoms with E-state index in [1.165, 1.54) is 0 Å². The van der Waals surface area contributed by atoms with Crippen LogP contribution in [0.2, 0.25) is 18.1 Å². The highest BCUT2D eigenvalue weighted by Gasteiger charge is 2.49. The molecule has 1 fully saturated rings. The quantitative estimate of drug-likeness (QED) is 0.255. The van der Waals surface area contributed by atoms with Crippen molar-refractivity contribution in [1.29, 1.82) is 0 Å². The van der Waals surface area contributed by atoms with Crippen LogP contribution in [0.1, 0.15) is 38.9 Å². The second-order valence-corrected chi connectivity index (χ2v) is 14.9. The minimum Gasteiger partial charge on any atom is -0.460 e. The Labute approximate surface area is 197 Å². The van der Waals surface area contributed by atoms with Gasteiger partial charge in [-0.1, -0.05) is 81.9 Å². The van der Waals surface area contributed by atoms with E-state index in [1.54, 1.807) is 0 Å². The van der Waals surface area contributed by atoms with Gasteiger partial charge in [0.1, 0.15) is 12.2 Å². The Morgan fingerprint density at radius 1 is 0.970 bits per heavy atom. The summed E-state index contributed by atoms with van der Waals surface area (Å²) in [4.78, 5) is 22.6. The van der Waals surface area contributed by atoms with Crippen molar-refractivity contribution in [3.05, 3.63) is 72.3 Å². The monoisotopic (exact) mass is 466 g/mol. The molecule has 0 radical (unpaired) electrons. The Balaban J connectivity index is 1.96. The first-order valence-electron chi connectivity index (χ1n) is 11.3. The number of carbonyl (C=O) groups is 2. The van der Waals surface area contributed by atoms with E-state index in [1.807, 2.05) is 42.5 Å². The molecule has 176 valence electrons. The van der Waals surface area contributed by atoms with Gasteiger partial charge in [-0.25, -0.2) is 0 Å². The second-order valence-electron chi connectivity index (χ2n) is 10.1. The van der Waals surface area contributed by atoms with Gasteiger partial charge in [-0.15, -0.1) is 0 Å². The number of benzene rings is 2. The van der Waals surface area contributed by atoms with Crippen LogP contribution in [0.4, 0.5) is 0 Å². The third-order valence-corrected chi connectivity index (χ3v) is 11.5. The van der Waals surface area contributed by atoms with Gasteiger partial charge in [0.15, 0.2) is 8.32 Å². The van der Waals surface area contributed by atoms with E-state index in [-0.39, 0.29) is 17.1 Å². The van der Waals surface area contributed by atoms with Crippen LogP contribution in [-0.4, -0.2) is 33.5 Å². The third kappa shape index (κ3) is 5.45. The van der Waals surface area contributed by atoms with Gasteiger partial charge >= 0.3 is 0 Å². The maximum Gasteiger partial charge on any atom is 0.293 e. The van der Waals surface area contributed by atoms with E-state index in [2.05, 4.69) is 52.6 Å². The Bertz CT molecular complexity index is 962. The fourth-order valence-corrected chi connectivity index (χ4v) is 5.52. The van der Waals surface area contributed by atoms with Gasteiger partial charge in [0.05, 0.1) is 6.10 Å². The van der Waals surface area contributed by atoms with Crippen LogP contribution in [0.15, 0.2) is 66.7 Å². The highest BCUT2D eigenvalue weighted by atomic mass is 28.4. The molecule has 6 heteroatoms. The molecule has 0 N–H and O–H groups in total. The summed E-state index contributed by atoms with van der Waals surface area (Å²) in [5.74, 6) is -0.322. The Hall–Kier alpha value is -2.70. The standard InChI is InChI=1S/C27H34O5Si/c1-19-23(30-17-28)16-24(32-33(5,6)27(2,3)4)25(19)26(31-18-29)22-14-12-21(13-15-22)20-10-8-7-9-11-20/h7-15,17-18,23-26H,1,16H2,2-6H3/t23-,24+,25+,26?/m1/s1. The van der Waals surface area contributed by atoms with Crippen molar-refractivity contribution in [3.63, 3.8) is 0 Å². The first-order chi connectivity index (χ1) is 15.6. The summed E-state index contributed by atoms with van der Waals surface area (Å²) in [6.07, 6.45) is -0.837. The lowest BCUT2D eigenvalue weighted by atomic mass is 9.89. The predicted molar refractivity (Wildman–Crippen MR) is 132 cm³/mol. The van der Waals surface area contributed by atoms with E-state index < -0.39 is 20.5 Å². The molecule has 3 rings (SSSR count). The van der Waals surface area contributed by atoms with Crippen molar-refractivity contribution in [1.82, 2.24) is 0 Å². The van der Waals surface area contributed by atoms with Crippen molar-refractivity contribution < 1.29 is 23.5 Å². The van der Waals surface area contributed by atoms with Gasteiger partial charge in [0.25, 0.3) is 12.9 Å². The van der Waals surface area contributed by atoms with Gasteiger partial charge in [-0.2, -0.15) is 0 Å². The SMILES string of the molecule is C=C1[C@H](C(OC=O)c2ccc(-c3ccccc3)cc2)[C@@H](O[Si](C)(C)C(C)(C)C)C[C@H]1OC=O. The summed E-state index contributed by atoms with van der Waals surface area (Å²) in [6.45, 7) is 16.1. The first kappa shape index (κ1) is 24.9. The smallest absolute Gasteiger partial charge is 0.293 e. The van der Waals surface area contributed by atoms with Crippen molar-refractivity contribution in [3.8, 4) is 11.1 Å². The van der Waals surface area contributed by atoms with Gasteiger partial charge in [-0.05, 0) is 40.4 Å². The predicted octanol–water partition coefficient (Wildman–Crippen LogP) is 6.08. The molecule has 0 heterocycles. The summed E-state index contributed by atoms with van der Waals surface area (Å²) in [5, 5.41) is 0.000824. The number of hydrogen-bond acceptors (Lipinski definition) is 5. The molecular formula is C27H34O5Si. The van der Waals surface area contributed by atoms with Crippen molar-refractivity contribution in [2.75, 3.05) is 0 Å². The van der Waals surface area contributed by atoms with Crippen LogP contribution in [0.25, 0.3) is 11.1 Å². The van der Waals surface area contributed by atoms with E-state index in [4.69, 9.17) is 13.9 Å². The molecule has 4 atom stereocenters. The molecule has 1 aliphatic rings. The van der Waals surface area contributed by atoms with Crippen LogP contribution in [0, 0.1) is 5.92 Å². The summed E-state index contributed by atoms with van der Waals surface area (Å²) in [7, 11) is -2.15. The maximum absolute atomic E-state index is 11.5. The normalized spacial score (nSPS) is 22.0. The number of rotatable bonds is 9. The second kappa shape index (κ2) is 10.1. The lowest BCUT2D eigenvalue weighted by Gasteiger charge is -2.40. The Morgan fingerprint density at radius 2 is 1.58 bits per heavy atom. The summed E-state index contributed by atoms with van der Waals surface area (Å²) in [6, 6.07) is 18.1. The van der Waals surface area contributed by atoms with Crippen LogP contribution in [0.5, 0.6) is 0 Å². The fraction of sp³-hybridized carbons (Fsp3) is 0.407. The molecule has 33 heavy (non-hydrogen) atoms. The summed E-state index contributed by atoms with van der Waals surface area (Å²) in [5.41, 5.74) is 3.75. The Kier molecular flexibility index (Phi) is 7.60. The summed E-state index contributed by atoms with van der Waals surface area (Å²) >= 11 is 0. The zero-order chi connectivity index (χ0) is 24.2. The molecule has 2 aromatic carbocycles. The number of ether oxygens (including phenoxy) is 2. The zero-order valence-corrected chi connectivity index (χ0v) is 21.1. The molecule has 0 bridgehead atoms. The van der Waals surface area contributed by atoms with Gasteiger partial charge in [0, 0.05) is 12.3 Å². The summed E-state index contributed by atoms with van der Waals surface area (Å²) < 4.78 is 17.7. The van der Waals surface area contributed by atoms with E-state index in [0.29, 0.717) is 24.9 Å². The van der Waals surface area contributed by atoms with Gasteiger partial charge in [-0.3, -0.25) is 9.59 Å². The topological polar surface area (TPSA) is 61.8 Å². The van der Waals surface area contributed by atoms with Crippen LogP contribution >= 0.6 is 0 Å². The highest BCUT2D eigenvalue weighted by Crippen LogP contribution is 2.47. The lowest BCUT2D eigenvalue weighted by Crippen LogP contribution is -2.45. The fourth-order valence-electron chi connectivity index (χ4n) is 4.16. The van der Waals surface area contributed by atoms with Crippen LogP contribution in [-0.2, 0) is 23.5 Å². The Morgan fingerprint density at radius 3 is 2.12 bits per heavy atom. The van der Waals surface area contributed by atoms with Crippen molar-refractivity contribution >= 4 is 21.3 Å². The number of hydrogen-bond donors (Lipinski definition) is 0. The maximum atomic E-state index is 11.5. The van der Waals surface area contributed by atoms with Gasteiger partial charge in [0.2, 0.25) is 0 Å². The average molecular weight is 467 g/mol. The van der Waals surface area contributed by atoms with E-state index >= 15 is 0 Å². The molecular weight excluding hydrogens is 432 g/mol. The van der Waals surface area contributed by atoms with E-state index in [9.17, 15) is 9.59 Å². The molecule has 0 saturated heterocycles. The average Bonchev–Trinajstić information content (AvgIpc) is 3.06. The van der Waals surface area contributed by atoms with Gasteiger partial charge < -0.3 is 13.9 Å².